The maximum Gasteiger partial charge on any atom is 0.408 e. The summed E-state index contributed by atoms with van der Waals surface area (Å²) in [5.41, 5.74) is 2.82. The molecule has 1 amide bonds. The lowest BCUT2D eigenvalue weighted by Gasteiger charge is -2.23. The minimum Gasteiger partial charge on any atom is -0.488 e. The average Bonchev–Trinajstić information content (AvgIpc) is 2.55. The number of hydrazone groups is 1. The lowest BCUT2D eigenvalue weighted by atomic mass is 10.2. The van der Waals surface area contributed by atoms with E-state index in [4.69, 9.17) is 32.7 Å². The second kappa shape index (κ2) is 10.8. The Balaban J connectivity index is 2.83. The highest BCUT2D eigenvalue weighted by atomic mass is 35.5. The van der Waals surface area contributed by atoms with Crippen LogP contribution in [-0.2, 0) is 4.74 Å². The number of alkyl carbamates (subject to hydrolysis) is 1. The Hall–Kier alpha value is -1.35. The number of amides is 1. The Morgan fingerprint density at radius 3 is 2.37 bits per heavy atom. The van der Waals surface area contributed by atoms with Crippen molar-refractivity contribution in [1.29, 1.82) is 0 Å². The summed E-state index contributed by atoms with van der Waals surface area (Å²) in [6.07, 6.45) is 1.24. The number of nitrogens with zero attached hydrogens (tertiary/aromatic N) is 1. The van der Waals surface area contributed by atoms with Gasteiger partial charge < -0.3 is 25.3 Å². The molecule has 0 aromatic heterocycles. The summed E-state index contributed by atoms with van der Waals surface area (Å²) >= 11 is 14.0. The smallest absolute Gasteiger partial charge is 0.408 e. The van der Waals surface area contributed by atoms with E-state index in [2.05, 4.69) is 15.8 Å². The van der Waals surface area contributed by atoms with Crippen LogP contribution < -0.4 is 15.5 Å². The van der Waals surface area contributed by atoms with Gasteiger partial charge in [0.25, 0.3) is 0 Å². The topological polar surface area (TPSA) is 92.2 Å². The molecule has 3 N–H and O–H groups in total. The number of aliphatic hydroxyl groups is 1. The fraction of sp³-hybridized carbons (Fsp3) is 0.529. The Bertz CT molecular complexity index is 658. The maximum atomic E-state index is 11.8. The number of ether oxygens (including phenoxy) is 2. The van der Waals surface area contributed by atoms with Crippen molar-refractivity contribution in [2.45, 2.75) is 32.4 Å². The van der Waals surface area contributed by atoms with Gasteiger partial charge in [-0.25, -0.2) is 4.79 Å². The van der Waals surface area contributed by atoms with Crippen molar-refractivity contribution in [2.75, 3.05) is 26.5 Å². The van der Waals surface area contributed by atoms with Crippen LogP contribution in [0.3, 0.4) is 0 Å². The van der Waals surface area contributed by atoms with Crippen molar-refractivity contribution in [3.8, 4) is 5.75 Å². The van der Waals surface area contributed by atoms with Crippen LogP contribution in [0.15, 0.2) is 17.2 Å². The van der Waals surface area contributed by atoms with E-state index >= 15 is 0 Å². The van der Waals surface area contributed by atoms with E-state index in [0.29, 0.717) is 15.1 Å². The summed E-state index contributed by atoms with van der Waals surface area (Å²) in [7, 11) is 1.70. The van der Waals surface area contributed by atoms with E-state index in [1.165, 1.54) is 11.8 Å². The molecule has 0 fully saturated rings. The summed E-state index contributed by atoms with van der Waals surface area (Å²) < 4.78 is 10.8. The highest BCUT2D eigenvalue weighted by Gasteiger charge is 2.20. The average molecular weight is 438 g/mol. The third kappa shape index (κ3) is 8.04. The molecule has 1 rings (SSSR count). The molecule has 0 aliphatic heterocycles. The molecule has 0 saturated carbocycles. The fourth-order valence-electron chi connectivity index (χ4n) is 1.95. The van der Waals surface area contributed by atoms with Crippen LogP contribution in [0, 0.1) is 0 Å². The number of hydrogen-bond donors (Lipinski definition) is 3. The number of carbonyl (C=O) groups excluding carboxylic acids is 1. The largest absolute Gasteiger partial charge is 0.488 e. The first-order chi connectivity index (χ1) is 12.6. The standard InChI is InChI=1S/C17H25Cl2N3O4S/c1-17(2,3)26-16(24)21-11(8-23)9-25-14-12(18)6-10(7-13(14)19)15(27-5)22-20-4/h6-7,11,20,23H,8-9H2,1-5H3,(H,21,24)/b22-15-. The van der Waals surface area contributed by atoms with Crippen LogP contribution in [0.2, 0.25) is 10.0 Å². The first kappa shape index (κ1) is 23.7. The number of aliphatic hydroxyl groups excluding tert-OH is 1. The number of rotatable bonds is 7. The summed E-state index contributed by atoms with van der Waals surface area (Å²) in [6, 6.07) is 2.69. The van der Waals surface area contributed by atoms with E-state index in [1.807, 2.05) is 6.26 Å². The zero-order chi connectivity index (χ0) is 20.6. The van der Waals surface area contributed by atoms with Gasteiger partial charge in [-0.1, -0.05) is 23.2 Å². The lowest BCUT2D eigenvalue weighted by molar-refractivity contribution is 0.0458. The molecule has 10 heteroatoms. The molecule has 7 nitrogen and oxygen atoms in total. The Morgan fingerprint density at radius 2 is 1.93 bits per heavy atom. The Morgan fingerprint density at radius 1 is 1.33 bits per heavy atom. The minimum absolute atomic E-state index is 0.0332. The van der Waals surface area contributed by atoms with Crippen LogP contribution >= 0.6 is 35.0 Å². The van der Waals surface area contributed by atoms with Gasteiger partial charge in [-0.15, -0.1) is 11.8 Å². The molecule has 1 atom stereocenters. The molecule has 0 bridgehead atoms. The highest BCUT2D eigenvalue weighted by molar-refractivity contribution is 8.13. The number of carbonyl (C=O) groups is 1. The van der Waals surface area contributed by atoms with Gasteiger partial charge in [-0.3, -0.25) is 0 Å². The zero-order valence-corrected chi connectivity index (χ0v) is 18.3. The van der Waals surface area contributed by atoms with Gasteiger partial charge in [0, 0.05) is 12.6 Å². The van der Waals surface area contributed by atoms with Crippen molar-refractivity contribution >= 4 is 46.1 Å². The molecule has 1 aromatic carbocycles. The molecule has 152 valence electrons. The predicted molar refractivity (Wildman–Crippen MR) is 111 cm³/mol. The van der Waals surface area contributed by atoms with E-state index < -0.39 is 17.7 Å². The fourth-order valence-corrected chi connectivity index (χ4v) is 3.08. The van der Waals surface area contributed by atoms with E-state index in [1.54, 1.807) is 40.0 Å². The number of thioether (sulfide) groups is 1. The van der Waals surface area contributed by atoms with Crippen molar-refractivity contribution in [1.82, 2.24) is 10.7 Å². The van der Waals surface area contributed by atoms with Crippen molar-refractivity contribution in [2.24, 2.45) is 5.10 Å². The van der Waals surface area contributed by atoms with Crippen LogP contribution in [0.1, 0.15) is 26.3 Å². The molecule has 0 aliphatic rings. The van der Waals surface area contributed by atoms with Gasteiger partial charge in [0.05, 0.1) is 22.7 Å². The van der Waals surface area contributed by atoms with Crippen LogP contribution in [-0.4, -0.2) is 54.4 Å². The molecule has 0 saturated heterocycles. The third-order valence-electron chi connectivity index (χ3n) is 3.02. The number of hydrogen-bond acceptors (Lipinski definition) is 7. The first-order valence-corrected chi connectivity index (χ1v) is 10.1. The van der Waals surface area contributed by atoms with Gasteiger partial charge in [-0.05, 0) is 39.2 Å². The molecular weight excluding hydrogens is 413 g/mol. The second-order valence-corrected chi connectivity index (χ2v) is 8.06. The number of halogens is 2. The molecule has 0 heterocycles. The molecule has 27 heavy (non-hydrogen) atoms. The van der Waals surface area contributed by atoms with Gasteiger partial charge in [0.1, 0.15) is 17.3 Å². The highest BCUT2D eigenvalue weighted by Crippen LogP contribution is 2.35. The lowest BCUT2D eigenvalue weighted by Crippen LogP contribution is -2.44. The third-order valence-corrected chi connectivity index (χ3v) is 4.30. The molecule has 0 aliphatic carbocycles. The van der Waals surface area contributed by atoms with Gasteiger partial charge in [0.15, 0.2) is 5.75 Å². The quantitative estimate of drug-likeness (QED) is 0.343. The monoisotopic (exact) mass is 437 g/mol. The summed E-state index contributed by atoms with van der Waals surface area (Å²) in [5.74, 6) is 0.261. The van der Waals surface area contributed by atoms with E-state index in [0.717, 1.165) is 5.56 Å². The van der Waals surface area contributed by atoms with Crippen LogP contribution in [0.25, 0.3) is 0 Å². The van der Waals surface area contributed by atoms with E-state index in [-0.39, 0.29) is 19.0 Å². The SMILES string of the molecule is CN/N=C(\SC)c1cc(Cl)c(OCC(CO)NC(=O)OC(C)(C)C)c(Cl)c1. The Labute approximate surface area is 173 Å². The zero-order valence-electron chi connectivity index (χ0n) is 15.9. The van der Waals surface area contributed by atoms with Crippen molar-refractivity contribution in [3.05, 3.63) is 27.7 Å². The number of nitrogens with one attached hydrogen (secondary N) is 2. The predicted octanol–water partition coefficient (Wildman–Crippen LogP) is 3.50. The summed E-state index contributed by atoms with van der Waals surface area (Å²) in [6.45, 7) is 4.88. The molecule has 0 radical (unpaired) electrons. The molecular formula is C17H25Cl2N3O4S. The van der Waals surface area contributed by atoms with E-state index in [9.17, 15) is 9.90 Å². The van der Waals surface area contributed by atoms with Crippen molar-refractivity contribution < 1.29 is 19.4 Å². The molecule has 0 spiro atoms. The summed E-state index contributed by atoms with van der Waals surface area (Å²) in [5, 5.41) is 17.4. The second-order valence-electron chi connectivity index (χ2n) is 6.45. The Kier molecular flexibility index (Phi) is 9.52. The van der Waals surface area contributed by atoms with Crippen LogP contribution in [0.5, 0.6) is 5.75 Å². The van der Waals surface area contributed by atoms with Gasteiger partial charge in [0.2, 0.25) is 0 Å². The summed E-state index contributed by atoms with van der Waals surface area (Å²) in [4.78, 5) is 11.8. The number of benzene rings is 1. The van der Waals surface area contributed by atoms with Gasteiger partial charge >= 0.3 is 6.09 Å². The van der Waals surface area contributed by atoms with Crippen LogP contribution in [0.4, 0.5) is 4.79 Å². The van der Waals surface area contributed by atoms with Gasteiger partial charge in [-0.2, -0.15) is 5.10 Å². The normalized spacial score (nSPS) is 13.1. The molecule has 1 aromatic rings. The molecule has 1 unspecified atom stereocenters. The van der Waals surface area contributed by atoms with Crippen molar-refractivity contribution in [3.63, 3.8) is 0 Å². The minimum atomic E-state index is -0.681. The maximum absolute atomic E-state index is 11.8. The first-order valence-electron chi connectivity index (χ1n) is 8.12.